The maximum Gasteiger partial charge on any atom is 0.360 e. The zero-order chi connectivity index (χ0) is 21.8. The summed E-state index contributed by atoms with van der Waals surface area (Å²) in [6.07, 6.45) is 2.62. The molecule has 0 saturated carbocycles. The molecule has 1 aliphatic heterocycles. The highest BCUT2D eigenvalue weighted by molar-refractivity contribution is 6.03. The summed E-state index contributed by atoms with van der Waals surface area (Å²) in [7, 11) is 0. The second kappa shape index (κ2) is 8.99. The van der Waals surface area contributed by atoms with Crippen molar-refractivity contribution < 1.29 is 14.3 Å². The lowest BCUT2D eigenvalue weighted by Crippen LogP contribution is -2.31. The Bertz CT molecular complexity index is 1150. The summed E-state index contributed by atoms with van der Waals surface area (Å²) in [5.74, 6) is -1.23. The molecule has 0 bridgehead atoms. The fourth-order valence-corrected chi connectivity index (χ4v) is 3.69. The Morgan fingerprint density at radius 3 is 2.42 bits per heavy atom. The number of esters is 1. The number of carbonyl (C=O) groups is 2. The van der Waals surface area contributed by atoms with Crippen molar-refractivity contribution >= 4 is 34.0 Å². The first-order valence-corrected chi connectivity index (χ1v) is 10.4. The fourth-order valence-electron chi connectivity index (χ4n) is 3.69. The Kier molecular flexibility index (Phi) is 5.97. The molecule has 1 fully saturated rings. The van der Waals surface area contributed by atoms with Crippen LogP contribution in [0.25, 0.3) is 10.8 Å². The number of fused-ring (bicyclic) bond motifs is 1. The van der Waals surface area contributed by atoms with Gasteiger partial charge in [-0.2, -0.15) is 5.10 Å². The van der Waals surface area contributed by atoms with E-state index in [9.17, 15) is 14.4 Å². The van der Waals surface area contributed by atoms with E-state index in [0.717, 1.165) is 18.8 Å². The first-order valence-electron chi connectivity index (χ1n) is 10.4. The van der Waals surface area contributed by atoms with E-state index >= 15 is 0 Å². The van der Waals surface area contributed by atoms with E-state index in [1.165, 1.54) is 26.2 Å². The molecular formula is C23H24N4O4. The number of nitrogens with zero attached hydrogens (tertiary/aromatic N) is 2. The van der Waals surface area contributed by atoms with Gasteiger partial charge in [-0.3, -0.25) is 9.59 Å². The number of benzene rings is 2. The van der Waals surface area contributed by atoms with Crippen LogP contribution in [-0.4, -0.2) is 41.3 Å². The number of aromatic amines is 1. The minimum Gasteiger partial charge on any atom is -0.448 e. The number of ether oxygens (including phenoxy) is 1. The van der Waals surface area contributed by atoms with Crippen LogP contribution in [0.5, 0.6) is 0 Å². The van der Waals surface area contributed by atoms with E-state index in [1.54, 1.807) is 24.3 Å². The molecule has 0 radical (unpaired) electrons. The average molecular weight is 420 g/mol. The van der Waals surface area contributed by atoms with Gasteiger partial charge in [0.05, 0.1) is 5.39 Å². The summed E-state index contributed by atoms with van der Waals surface area (Å²) in [5, 5.41) is 9.56. The third kappa shape index (κ3) is 4.58. The molecule has 4 rings (SSSR count). The highest BCUT2D eigenvalue weighted by atomic mass is 16.5. The van der Waals surface area contributed by atoms with Crippen LogP contribution < -0.4 is 15.8 Å². The van der Waals surface area contributed by atoms with Crippen molar-refractivity contribution in [3.8, 4) is 0 Å². The van der Waals surface area contributed by atoms with E-state index in [4.69, 9.17) is 4.74 Å². The molecule has 2 heterocycles. The normalized spacial score (nSPS) is 14.8. The monoisotopic (exact) mass is 420 g/mol. The van der Waals surface area contributed by atoms with Crippen molar-refractivity contribution in [1.29, 1.82) is 0 Å². The van der Waals surface area contributed by atoms with Gasteiger partial charge >= 0.3 is 5.97 Å². The van der Waals surface area contributed by atoms with E-state index in [2.05, 4.69) is 20.4 Å². The number of anilines is 2. The number of carbonyl (C=O) groups excluding carboxylic acids is 2. The van der Waals surface area contributed by atoms with Gasteiger partial charge in [-0.1, -0.05) is 18.2 Å². The van der Waals surface area contributed by atoms with Gasteiger partial charge in [0.1, 0.15) is 0 Å². The molecule has 0 aliphatic carbocycles. The standard InChI is InChI=1S/C23H24N4O4/c1-15(31-23(30)20-18-7-3-4-8-19(18)22(29)26-25-20)21(28)24-16-9-11-17(12-10-16)27-13-5-2-6-14-27/h3-4,7-12,15H,2,5-6,13-14H2,1H3,(H,24,28)(H,26,29)/t15-/m1/s1. The number of amides is 1. The van der Waals surface area contributed by atoms with Gasteiger partial charge in [0.2, 0.25) is 0 Å². The molecule has 3 aromatic rings. The van der Waals surface area contributed by atoms with E-state index < -0.39 is 23.5 Å². The Labute approximate surface area is 179 Å². The van der Waals surface area contributed by atoms with Gasteiger partial charge in [-0.05, 0) is 56.5 Å². The van der Waals surface area contributed by atoms with Crippen LogP contribution in [0, 0.1) is 0 Å². The van der Waals surface area contributed by atoms with E-state index in [-0.39, 0.29) is 5.69 Å². The molecule has 31 heavy (non-hydrogen) atoms. The molecule has 1 aliphatic rings. The van der Waals surface area contributed by atoms with Crippen molar-refractivity contribution in [3.05, 3.63) is 64.6 Å². The Morgan fingerprint density at radius 2 is 1.71 bits per heavy atom. The molecule has 0 spiro atoms. The third-order valence-corrected chi connectivity index (χ3v) is 5.40. The SMILES string of the molecule is C[C@@H](OC(=O)c1n[nH]c(=O)c2ccccc12)C(=O)Nc1ccc(N2CCCCC2)cc1. The molecule has 1 amide bonds. The summed E-state index contributed by atoms with van der Waals surface area (Å²) in [5.41, 5.74) is 1.32. The maximum atomic E-state index is 12.6. The molecule has 0 unspecified atom stereocenters. The number of piperidine rings is 1. The highest BCUT2D eigenvalue weighted by Gasteiger charge is 2.22. The maximum absolute atomic E-state index is 12.6. The van der Waals surface area contributed by atoms with Crippen molar-refractivity contribution in [2.24, 2.45) is 0 Å². The van der Waals surface area contributed by atoms with E-state index in [1.807, 2.05) is 24.3 Å². The number of rotatable bonds is 5. The molecule has 8 nitrogen and oxygen atoms in total. The van der Waals surface area contributed by atoms with Gasteiger partial charge in [0, 0.05) is 29.9 Å². The topological polar surface area (TPSA) is 104 Å². The summed E-state index contributed by atoms with van der Waals surface area (Å²) in [6, 6.07) is 14.2. The molecular weight excluding hydrogens is 396 g/mol. The van der Waals surface area contributed by atoms with Crippen LogP contribution in [0.1, 0.15) is 36.7 Å². The second-order valence-corrected chi connectivity index (χ2v) is 7.58. The van der Waals surface area contributed by atoms with Crippen LogP contribution >= 0.6 is 0 Å². The lowest BCUT2D eigenvalue weighted by Gasteiger charge is -2.28. The van der Waals surface area contributed by atoms with E-state index in [0.29, 0.717) is 16.5 Å². The molecule has 2 aromatic carbocycles. The third-order valence-electron chi connectivity index (χ3n) is 5.40. The van der Waals surface area contributed by atoms with Crippen molar-refractivity contribution in [1.82, 2.24) is 10.2 Å². The molecule has 8 heteroatoms. The van der Waals surface area contributed by atoms with Crippen LogP contribution in [0.15, 0.2) is 53.3 Å². The van der Waals surface area contributed by atoms with Gasteiger partial charge in [-0.25, -0.2) is 9.89 Å². The predicted molar refractivity (Wildman–Crippen MR) is 118 cm³/mol. The fraction of sp³-hybridized carbons (Fsp3) is 0.304. The lowest BCUT2D eigenvalue weighted by molar-refractivity contribution is -0.123. The van der Waals surface area contributed by atoms with Gasteiger partial charge < -0.3 is 15.0 Å². The first kappa shape index (κ1) is 20.6. The summed E-state index contributed by atoms with van der Waals surface area (Å²) < 4.78 is 5.29. The number of nitrogens with one attached hydrogen (secondary N) is 2. The van der Waals surface area contributed by atoms with Crippen molar-refractivity contribution in [3.63, 3.8) is 0 Å². The predicted octanol–water partition coefficient (Wildman–Crippen LogP) is 3.10. The molecule has 1 atom stereocenters. The number of aromatic nitrogens is 2. The van der Waals surface area contributed by atoms with Crippen LogP contribution in [0.3, 0.4) is 0 Å². The van der Waals surface area contributed by atoms with Crippen LogP contribution in [-0.2, 0) is 9.53 Å². The number of hydrogen-bond acceptors (Lipinski definition) is 6. The Balaban J connectivity index is 1.40. The van der Waals surface area contributed by atoms with Crippen LogP contribution in [0.4, 0.5) is 11.4 Å². The Morgan fingerprint density at radius 1 is 1.03 bits per heavy atom. The van der Waals surface area contributed by atoms with Gasteiger partial charge in [0.15, 0.2) is 11.8 Å². The molecule has 1 aromatic heterocycles. The lowest BCUT2D eigenvalue weighted by atomic mass is 10.1. The van der Waals surface area contributed by atoms with Gasteiger partial charge in [0.25, 0.3) is 11.5 Å². The summed E-state index contributed by atoms with van der Waals surface area (Å²) in [4.78, 5) is 39.3. The average Bonchev–Trinajstić information content (AvgIpc) is 2.80. The largest absolute Gasteiger partial charge is 0.448 e. The molecule has 160 valence electrons. The number of hydrogen-bond donors (Lipinski definition) is 2. The van der Waals surface area contributed by atoms with Crippen LogP contribution in [0.2, 0.25) is 0 Å². The number of H-pyrrole nitrogens is 1. The van der Waals surface area contributed by atoms with Gasteiger partial charge in [-0.15, -0.1) is 0 Å². The second-order valence-electron chi connectivity index (χ2n) is 7.58. The molecule has 1 saturated heterocycles. The highest BCUT2D eigenvalue weighted by Crippen LogP contribution is 2.22. The minimum absolute atomic E-state index is 0.0410. The Hall–Kier alpha value is -3.68. The smallest absolute Gasteiger partial charge is 0.360 e. The van der Waals surface area contributed by atoms with Crippen molar-refractivity contribution in [2.75, 3.05) is 23.3 Å². The first-order chi connectivity index (χ1) is 15.0. The minimum atomic E-state index is -1.04. The summed E-state index contributed by atoms with van der Waals surface area (Å²) in [6.45, 7) is 3.58. The quantitative estimate of drug-likeness (QED) is 0.615. The summed E-state index contributed by atoms with van der Waals surface area (Å²) >= 11 is 0. The molecule has 2 N–H and O–H groups in total. The zero-order valence-electron chi connectivity index (χ0n) is 17.3. The van der Waals surface area contributed by atoms with Crippen molar-refractivity contribution in [2.45, 2.75) is 32.3 Å². The zero-order valence-corrected chi connectivity index (χ0v) is 17.3.